The lowest BCUT2D eigenvalue weighted by Gasteiger charge is -2.16. The number of unbranched alkanes of at least 4 members (excludes halogenated alkanes) is 2. The molecule has 1 aliphatic carbocycles. The Morgan fingerprint density at radius 1 is 1.17 bits per heavy atom. The second kappa shape index (κ2) is 6.94. The number of benzene rings is 1. The largest absolute Gasteiger partial charge is 0.317 e. The molecule has 0 spiro atoms. The fourth-order valence-corrected chi connectivity index (χ4v) is 3.03. The maximum atomic E-state index is 3.48. The highest BCUT2D eigenvalue weighted by atomic mass is 14.9. The van der Waals surface area contributed by atoms with E-state index in [4.69, 9.17) is 0 Å². The first-order chi connectivity index (χ1) is 8.83. The van der Waals surface area contributed by atoms with Crippen LogP contribution in [0.5, 0.6) is 0 Å². The molecule has 1 unspecified atom stereocenters. The van der Waals surface area contributed by atoms with Gasteiger partial charge < -0.3 is 5.32 Å². The van der Waals surface area contributed by atoms with Crippen LogP contribution in [0.2, 0.25) is 0 Å². The Bertz CT molecular complexity index is 370. The van der Waals surface area contributed by atoms with Crippen molar-refractivity contribution in [1.82, 2.24) is 5.32 Å². The summed E-state index contributed by atoms with van der Waals surface area (Å²) < 4.78 is 0. The van der Waals surface area contributed by atoms with Gasteiger partial charge in [0, 0.05) is 6.04 Å². The molecule has 0 bridgehead atoms. The minimum Gasteiger partial charge on any atom is -0.317 e. The third-order valence-electron chi connectivity index (χ3n) is 4.21. The highest BCUT2D eigenvalue weighted by Gasteiger charge is 2.12. The molecule has 1 N–H and O–H groups in total. The van der Waals surface area contributed by atoms with Gasteiger partial charge in [0.2, 0.25) is 0 Å². The summed E-state index contributed by atoms with van der Waals surface area (Å²) in [5, 5.41) is 3.48. The minimum absolute atomic E-state index is 0.649. The van der Waals surface area contributed by atoms with Gasteiger partial charge in [-0.3, -0.25) is 0 Å². The van der Waals surface area contributed by atoms with Crippen LogP contribution in [0.1, 0.15) is 55.7 Å². The number of hydrogen-bond acceptors (Lipinski definition) is 1. The molecule has 0 fully saturated rings. The van der Waals surface area contributed by atoms with E-state index in [1.807, 2.05) is 0 Å². The lowest BCUT2D eigenvalue weighted by Crippen LogP contribution is -2.27. The molecule has 1 atom stereocenters. The Morgan fingerprint density at radius 2 is 2.00 bits per heavy atom. The van der Waals surface area contributed by atoms with Crippen molar-refractivity contribution in [1.29, 1.82) is 0 Å². The molecule has 18 heavy (non-hydrogen) atoms. The number of nitrogens with one attached hydrogen (secondary N) is 1. The summed E-state index contributed by atoms with van der Waals surface area (Å²) in [6.07, 6.45) is 10.5. The Balaban J connectivity index is 1.90. The molecule has 2 rings (SSSR count). The van der Waals surface area contributed by atoms with E-state index in [0.29, 0.717) is 6.04 Å². The molecular formula is C17H27N. The molecule has 1 heteroatoms. The van der Waals surface area contributed by atoms with E-state index < -0.39 is 0 Å². The number of hydrogen-bond donors (Lipinski definition) is 1. The first-order valence-corrected chi connectivity index (χ1v) is 7.61. The zero-order valence-electron chi connectivity index (χ0n) is 12.0. The molecule has 0 heterocycles. The normalized spacial score (nSPS) is 15.7. The summed E-state index contributed by atoms with van der Waals surface area (Å²) in [7, 11) is 2.10. The zero-order chi connectivity index (χ0) is 12.8. The van der Waals surface area contributed by atoms with Crippen molar-refractivity contribution in [3.05, 3.63) is 34.9 Å². The van der Waals surface area contributed by atoms with Crippen LogP contribution in [0, 0.1) is 0 Å². The molecule has 1 aromatic carbocycles. The van der Waals surface area contributed by atoms with Crippen LogP contribution >= 0.6 is 0 Å². The summed E-state index contributed by atoms with van der Waals surface area (Å²) in [4.78, 5) is 0. The molecule has 1 aliphatic rings. The summed E-state index contributed by atoms with van der Waals surface area (Å²) in [6.45, 7) is 2.27. The Morgan fingerprint density at radius 3 is 2.78 bits per heavy atom. The van der Waals surface area contributed by atoms with Crippen molar-refractivity contribution in [3.8, 4) is 0 Å². The predicted molar refractivity (Wildman–Crippen MR) is 79.2 cm³/mol. The summed E-state index contributed by atoms with van der Waals surface area (Å²) >= 11 is 0. The van der Waals surface area contributed by atoms with Crippen LogP contribution in [0.4, 0.5) is 0 Å². The molecule has 100 valence electrons. The summed E-state index contributed by atoms with van der Waals surface area (Å²) in [5.74, 6) is 0. The van der Waals surface area contributed by atoms with Crippen molar-refractivity contribution < 1.29 is 0 Å². The quantitative estimate of drug-likeness (QED) is 0.719. The summed E-state index contributed by atoms with van der Waals surface area (Å²) in [5.41, 5.74) is 4.72. The third kappa shape index (κ3) is 3.58. The lowest BCUT2D eigenvalue weighted by molar-refractivity contribution is 0.490. The number of rotatable bonds is 7. The fourth-order valence-electron chi connectivity index (χ4n) is 3.03. The van der Waals surface area contributed by atoms with Gasteiger partial charge >= 0.3 is 0 Å². The average molecular weight is 245 g/mol. The molecule has 0 amide bonds. The second-order valence-corrected chi connectivity index (χ2v) is 5.64. The van der Waals surface area contributed by atoms with Crippen LogP contribution in [-0.4, -0.2) is 13.1 Å². The van der Waals surface area contributed by atoms with Crippen molar-refractivity contribution in [3.63, 3.8) is 0 Å². The molecule has 0 radical (unpaired) electrons. The smallest absolute Gasteiger partial charge is 0.0104 e. The van der Waals surface area contributed by atoms with Gasteiger partial charge in [-0.05, 0) is 55.8 Å². The van der Waals surface area contributed by atoms with Crippen LogP contribution in [0.15, 0.2) is 18.2 Å². The lowest BCUT2D eigenvalue weighted by atomic mass is 9.98. The van der Waals surface area contributed by atoms with Gasteiger partial charge in [0.15, 0.2) is 0 Å². The molecule has 0 saturated carbocycles. The highest BCUT2D eigenvalue weighted by Crippen LogP contribution is 2.23. The zero-order valence-corrected chi connectivity index (χ0v) is 12.0. The third-order valence-corrected chi connectivity index (χ3v) is 4.21. The summed E-state index contributed by atoms with van der Waals surface area (Å²) in [6, 6.07) is 7.80. The van der Waals surface area contributed by atoms with E-state index >= 15 is 0 Å². The average Bonchev–Trinajstić information content (AvgIpc) is 2.85. The van der Waals surface area contributed by atoms with E-state index in [0.717, 1.165) is 0 Å². The molecule has 1 nitrogen and oxygen atoms in total. The van der Waals surface area contributed by atoms with Gasteiger partial charge in [-0.25, -0.2) is 0 Å². The standard InChI is InChI=1S/C17H27N/c1-3-4-5-9-17(18-2)13-14-10-11-15-7-6-8-16(15)12-14/h10-12,17-18H,3-9,13H2,1-2H3. The Hall–Kier alpha value is -0.820. The van der Waals surface area contributed by atoms with E-state index in [-0.39, 0.29) is 0 Å². The van der Waals surface area contributed by atoms with E-state index in [1.165, 1.54) is 56.9 Å². The number of fused-ring (bicyclic) bond motifs is 1. The molecule has 0 aliphatic heterocycles. The van der Waals surface area contributed by atoms with E-state index in [1.54, 1.807) is 11.1 Å². The van der Waals surface area contributed by atoms with Gasteiger partial charge in [-0.1, -0.05) is 44.4 Å². The van der Waals surface area contributed by atoms with Gasteiger partial charge in [-0.2, -0.15) is 0 Å². The topological polar surface area (TPSA) is 12.0 Å². The van der Waals surface area contributed by atoms with Crippen LogP contribution in [-0.2, 0) is 19.3 Å². The minimum atomic E-state index is 0.649. The second-order valence-electron chi connectivity index (χ2n) is 5.64. The Kier molecular flexibility index (Phi) is 5.25. The van der Waals surface area contributed by atoms with Gasteiger partial charge in [0.25, 0.3) is 0 Å². The number of likely N-dealkylation sites (N-methyl/N-ethyl adjacent to an activating group) is 1. The van der Waals surface area contributed by atoms with Crippen molar-refractivity contribution >= 4 is 0 Å². The van der Waals surface area contributed by atoms with Gasteiger partial charge in [-0.15, -0.1) is 0 Å². The van der Waals surface area contributed by atoms with E-state index in [2.05, 4.69) is 37.5 Å². The molecule has 0 saturated heterocycles. The highest BCUT2D eigenvalue weighted by molar-refractivity contribution is 5.35. The first-order valence-electron chi connectivity index (χ1n) is 7.61. The molecule has 0 aromatic heterocycles. The fraction of sp³-hybridized carbons (Fsp3) is 0.647. The van der Waals surface area contributed by atoms with Gasteiger partial charge in [0.1, 0.15) is 0 Å². The van der Waals surface area contributed by atoms with Gasteiger partial charge in [0.05, 0.1) is 0 Å². The first kappa shape index (κ1) is 13.6. The Labute approximate surface area is 112 Å². The monoisotopic (exact) mass is 245 g/mol. The maximum Gasteiger partial charge on any atom is 0.0104 e. The number of aryl methyl sites for hydroxylation is 2. The van der Waals surface area contributed by atoms with Crippen molar-refractivity contribution in [2.75, 3.05) is 7.05 Å². The van der Waals surface area contributed by atoms with E-state index in [9.17, 15) is 0 Å². The van der Waals surface area contributed by atoms with Crippen LogP contribution < -0.4 is 5.32 Å². The van der Waals surface area contributed by atoms with Crippen molar-refractivity contribution in [2.45, 2.75) is 64.3 Å². The van der Waals surface area contributed by atoms with Crippen molar-refractivity contribution in [2.24, 2.45) is 0 Å². The SMILES string of the molecule is CCCCCC(Cc1ccc2c(c1)CCC2)NC. The van der Waals surface area contributed by atoms with Crippen LogP contribution in [0.3, 0.4) is 0 Å². The maximum absolute atomic E-state index is 3.48. The van der Waals surface area contributed by atoms with Crippen LogP contribution in [0.25, 0.3) is 0 Å². The molecular weight excluding hydrogens is 218 g/mol. The predicted octanol–water partition coefficient (Wildman–Crippen LogP) is 3.89. The molecule has 1 aromatic rings.